The molecule has 3 rings (SSSR count). The van der Waals surface area contributed by atoms with Crippen LogP contribution in [0.4, 0.5) is 16.2 Å². The number of halogens is 1. The molecule has 2 aliphatic carbocycles. The highest BCUT2D eigenvalue weighted by atomic mass is 32.2. The Kier molecular flexibility index (Phi) is 7.03. The van der Waals surface area contributed by atoms with Gasteiger partial charge in [0.1, 0.15) is 0 Å². The molecular weight excluding hydrogens is 459 g/mol. The molecule has 0 fully saturated rings. The summed E-state index contributed by atoms with van der Waals surface area (Å²) in [7, 11) is -6.03. The molecule has 1 aromatic heterocycles. The molecule has 0 radical (unpaired) electrons. The Morgan fingerprint density at radius 1 is 1.00 bits per heavy atom. The van der Waals surface area contributed by atoms with E-state index in [0.29, 0.717) is 35.4 Å². The number of sulfonamides is 2. The highest BCUT2D eigenvalue weighted by molar-refractivity contribution is 7.92. The molecule has 10 nitrogen and oxygen atoms in total. The molecule has 0 aromatic carbocycles. The van der Waals surface area contributed by atoms with Crippen molar-refractivity contribution >= 4 is 31.8 Å². The molecule has 0 unspecified atom stereocenters. The number of nitrogens with zero attached hydrogens (tertiary/aromatic N) is 2. The van der Waals surface area contributed by atoms with Crippen LogP contribution in [0, 0.1) is 5.82 Å². The van der Waals surface area contributed by atoms with Gasteiger partial charge in [0.05, 0.1) is 6.20 Å². The fraction of sp³-hybridized carbons (Fsp3) is 0.158. The Bertz CT molecular complexity index is 1310. The van der Waals surface area contributed by atoms with Crippen molar-refractivity contribution in [1.82, 2.24) is 14.7 Å². The van der Waals surface area contributed by atoms with Crippen LogP contribution in [-0.4, -0.2) is 33.9 Å². The number of rotatable bonds is 7. The van der Waals surface area contributed by atoms with Crippen LogP contribution in [0.5, 0.6) is 0 Å². The first kappa shape index (κ1) is 23.5. The van der Waals surface area contributed by atoms with E-state index in [1.165, 1.54) is 7.05 Å². The minimum absolute atomic E-state index is 0.0653. The Labute approximate surface area is 185 Å². The number of nitrogens with two attached hydrogens (primary N) is 1. The van der Waals surface area contributed by atoms with E-state index in [1.54, 1.807) is 36.5 Å². The third-order valence-corrected chi connectivity index (χ3v) is 5.97. The fourth-order valence-corrected chi connectivity index (χ4v) is 4.09. The van der Waals surface area contributed by atoms with Gasteiger partial charge in [-0.2, -0.15) is 4.98 Å². The number of hydrogen-bond acceptors (Lipinski definition) is 8. The monoisotopic (exact) mass is 480 g/mol. The van der Waals surface area contributed by atoms with E-state index in [2.05, 4.69) is 25.3 Å². The highest BCUT2D eigenvalue weighted by Gasteiger charge is 2.13. The zero-order valence-corrected chi connectivity index (χ0v) is 18.5. The number of allylic oxidation sites excluding steroid dienone is 8. The van der Waals surface area contributed by atoms with E-state index in [4.69, 9.17) is 5.14 Å². The summed E-state index contributed by atoms with van der Waals surface area (Å²) in [5, 5.41) is 12.8. The lowest BCUT2D eigenvalue weighted by Crippen LogP contribution is -2.16. The number of anilines is 2. The predicted octanol–water partition coefficient (Wildman–Crippen LogP) is 1.73. The summed E-state index contributed by atoms with van der Waals surface area (Å²) in [6.07, 6.45) is 11.7. The zero-order chi connectivity index (χ0) is 23.4. The van der Waals surface area contributed by atoms with Crippen molar-refractivity contribution in [1.29, 1.82) is 0 Å². The van der Waals surface area contributed by atoms with Crippen LogP contribution in [0.15, 0.2) is 76.0 Å². The van der Waals surface area contributed by atoms with Gasteiger partial charge < -0.3 is 10.6 Å². The third kappa shape index (κ3) is 6.95. The van der Waals surface area contributed by atoms with Gasteiger partial charge in [-0.1, -0.05) is 12.2 Å². The maximum atomic E-state index is 14.3. The number of hydrogen-bond donors (Lipinski definition) is 4. The summed E-state index contributed by atoms with van der Waals surface area (Å²) in [6.45, 7) is 0. The van der Waals surface area contributed by atoms with Crippen molar-refractivity contribution in [2.45, 2.75) is 12.8 Å². The zero-order valence-electron chi connectivity index (χ0n) is 16.9. The molecule has 1 aromatic rings. The Balaban J connectivity index is 1.81. The smallest absolute Gasteiger partial charge is 0.233 e. The van der Waals surface area contributed by atoms with Gasteiger partial charge in [-0.25, -0.2) is 36.1 Å². The van der Waals surface area contributed by atoms with Gasteiger partial charge in [0, 0.05) is 22.2 Å². The van der Waals surface area contributed by atoms with Crippen molar-refractivity contribution in [2.24, 2.45) is 5.14 Å². The second-order valence-electron chi connectivity index (χ2n) is 6.78. The first-order valence-corrected chi connectivity index (χ1v) is 12.4. The lowest BCUT2D eigenvalue weighted by atomic mass is 10.1. The van der Waals surface area contributed by atoms with E-state index in [9.17, 15) is 21.2 Å². The number of primary sulfonamides is 1. The van der Waals surface area contributed by atoms with Crippen molar-refractivity contribution in [2.75, 3.05) is 17.7 Å². The predicted molar refractivity (Wildman–Crippen MR) is 120 cm³/mol. The second kappa shape index (κ2) is 9.56. The molecule has 0 amide bonds. The van der Waals surface area contributed by atoms with Crippen LogP contribution in [0.3, 0.4) is 0 Å². The summed E-state index contributed by atoms with van der Waals surface area (Å²) < 4.78 is 62.4. The minimum atomic E-state index is -3.78. The molecule has 0 aliphatic heterocycles. The van der Waals surface area contributed by atoms with Crippen LogP contribution in [0.2, 0.25) is 0 Å². The molecule has 5 N–H and O–H groups in total. The molecule has 0 saturated carbocycles. The standard InChI is InChI=1S/C19H21FN6O4S2/c1-22-32(29,30)12-14-5-3-6-15(9-14)24-18-17(20)10-23-19(26-18)25-16-7-2-4-13(8-16)11-31(21,27)28/h2-3,6-12,22H,4-5H2,1H3,(H2,21,27,28)(H2,23,24,25,26). The lowest BCUT2D eigenvalue weighted by Gasteiger charge is -2.14. The summed E-state index contributed by atoms with van der Waals surface area (Å²) >= 11 is 0. The van der Waals surface area contributed by atoms with Gasteiger partial charge in [-0.15, -0.1) is 0 Å². The van der Waals surface area contributed by atoms with E-state index in [-0.39, 0.29) is 11.8 Å². The normalized spacial score (nSPS) is 19.1. The van der Waals surface area contributed by atoms with Crippen LogP contribution in [0.1, 0.15) is 12.8 Å². The molecule has 0 atom stereocenters. The molecule has 1 heterocycles. The minimum Gasteiger partial charge on any atom is -0.338 e. The molecule has 0 bridgehead atoms. The van der Waals surface area contributed by atoms with Crippen LogP contribution < -0.4 is 20.5 Å². The van der Waals surface area contributed by atoms with Crippen molar-refractivity contribution in [3.63, 3.8) is 0 Å². The summed E-state index contributed by atoms with van der Waals surface area (Å²) in [5.74, 6) is -0.779. The number of nitrogens with one attached hydrogen (secondary N) is 3. The lowest BCUT2D eigenvalue weighted by molar-refractivity contribution is 0.596. The van der Waals surface area contributed by atoms with Gasteiger partial charge in [0.25, 0.3) is 0 Å². The summed E-state index contributed by atoms with van der Waals surface area (Å²) in [4.78, 5) is 8.00. The van der Waals surface area contributed by atoms with Crippen LogP contribution in [0.25, 0.3) is 0 Å². The van der Waals surface area contributed by atoms with Gasteiger partial charge in [-0.3, -0.25) is 0 Å². The molecule has 32 heavy (non-hydrogen) atoms. The van der Waals surface area contributed by atoms with E-state index >= 15 is 0 Å². The Hall–Kier alpha value is -3.13. The van der Waals surface area contributed by atoms with Gasteiger partial charge in [0.15, 0.2) is 11.6 Å². The van der Waals surface area contributed by atoms with E-state index < -0.39 is 25.9 Å². The maximum absolute atomic E-state index is 14.3. The fourth-order valence-electron chi connectivity index (χ4n) is 2.83. The van der Waals surface area contributed by atoms with Crippen molar-refractivity contribution in [3.05, 3.63) is 81.8 Å². The topological polar surface area (TPSA) is 156 Å². The highest BCUT2D eigenvalue weighted by Crippen LogP contribution is 2.22. The maximum Gasteiger partial charge on any atom is 0.233 e. The Morgan fingerprint density at radius 3 is 2.19 bits per heavy atom. The van der Waals surface area contributed by atoms with E-state index in [0.717, 1.165) is 17.0 Å². The first-order chi connectivity index (χ1) is 15.0. The first-order valence-electron chi connectivity index (χ1n) is 9.23. The molecular formula is C19H21FN6O4S2. The molecule has 0 saturated heterocycles. The summed E-state index contributed by atoms with van der Waals surface area (Å²) in [6, 6.07) is 0. The number of aromatic nitrogens is 2. The SMILES string of the molecule is CNS(=O)(=O)C=C1C=C(Nc2nc(NC3=CC(=CS(N)(=O)=O)CC=C3)ncc2F)C=CC1. The molecule has 0 spiro atoms. The van der Waals surface area contributed by atoms with Crippen molar-refractivity contribution in [3.8, 4) is 0 Å². The van der Waals surface area contributed by atoms with Gasteiger partial charge >= 0.3 is 0 Å². The summed E-state index contributed by atoms with van der Waals surface area (Å²) in [5.41, 5.74) is 1.89. The van der Waals surface area contributed by atoms with Gasteiger partial charge in [0.2, 0.25) is 26.0 Å². The Morgan fingerprint density at radius 2 is 1.59 bits per heavy atom. The average Bonchev–Trinajstić information content (AvgIpc) is 2.69. The molecule has 170 valence electrons. The third-order valence-electron chi connectivity index (χ3n) is 4.15. The largest absolute Gasteiger partial charge is 0.338 e. The van der Waals surface area contributed by atoms with Gasteiger partial charge in [-0.05, 0) is 55.3 Å². The molecule has 13 heteroatoms. The second-order valence-corrected chi connectivity index (χ2v) is 9.92. The average molecular weight is 481 g/mol. The molecule has 2 aliphatic rings. The van der Waals surface area contributed by atoms with E-state index in [1.807, 2.05) is 0 Å². The van der Waals surface area contributed by atoms with Crippen molar-refractivity contribution < 1.29 is 21.2 Å². The van der Waals surface area contributed by atoms with Crippen LogP contribution >= 0.6 is 0 Å². The van der Waals surface area contributed by atoms with Crippen LogP contribution in [-0.2, 0) is 20.0 Å². The quantitative estimate of drug-likeness (QED) is 0.460.